The SMILES string of the molecule is COc1cccc(C(=O)NCC2CCC(Br)CC2)c1. The third kappa shape index (κ3) is 4.23. The van der Waals surface area contributed by atoms with Crippen molar-refractivity contribution < 1.29 is 9.53 Å². The summed E-state index contributed by atoms with van der Waals surface area (Å²) in [4.78, 5) is 12.7. The average molecular weight is 326 g/mol. The number of halogens is 1. The number of methoxy groups -OCH3 is 1. The molecule has 1 amide bonds. The van der Waals surface area contributed by atoms with Crippen LogP contribution in [0.2, 0.25) is 0 Å². The molecule has 1 N–H and O–H groups in total. The van der Waals surface area contributed by atoms with Crippen molar-refractivity contribution in [1.29, 1.82) is 0 Å². The molecule has 2 rings (SSSR count). The fourth-order valence-corrected chi connectivity index (χ4v) is 2.96. The molecule has 0 spiro atoms. The summed E-state index contributed by atoms with van der Waals surface area (Å²) in [5.41, 5.74) is 0.661. The van der Waals surface area contributed by atoms with Crippen LogP contribution in [0.25, 0.3) is 0 Å². The highest BCUT2D eigenvalue weighted by Gasteiger charge is 2.19. The van der Waals surface area contributed by atoms with Crippen molar-refractivity contribution in [2.75, 3.05) is 13.7 Å². The highest BCUT2D eigenvalue weighted by atomic mass is 79.9. The van der Waals surface area contributed by atoms with Crippen LogP contribution in [0.1, 0.15) is 36.0 Å². The highest BCUT2D eigenvalue weighted by Crippen LogP contribution is 2.28. The van der Waals surface area contributed by atoms with Crippen LogP contribution in [0, 0.1) is 5.92 Å². The molecule has 1 aromatic carbocycles. The van der Waals surface area contributed by atoms with Crippen molar-refractivity contribution in [3.05, 3.63) is 29.8 Å². The minimum atomic E-state index is -0.0140. The second-order valence-electron chi connectivity index (χ2n) is 5.06. The minimum Gasteiger partial charge on any atom is -0.497 e. The molecule has 1 saturated carbocycles. The molecule has 1 aliphatic carbocycles. The number of rotatable bonds is 4. The van der Waals surface area contributed by atoms with E-state index in [0.29, 0.717) is 22.1 Å². The van der Waals surface area contributed by atoms with Gasteiger partial charge in [-0.2, -0.15) is 0 Å². The molecule has 3 nitrogen and oxygen atoms in total. The van der Waals surface area contributed by atoms with Gasteiger partial charge in [0.05, 0.1) is 7.11 Å². The summed E-state index contributed by atoms with van der Waals surface area (Å²) in [5.74, 6) is 1.32. The summed E-state index contributed by atoms with van der Waals surface area (Å²) >= 11 is 3.65. The van der Waals surface area contributed by atoms with Crippen molar-refractivity contribution in [2.45, 2.75) is 30.5 Å². The molecule has 0 radical (unpaired) electrons. The third-order valence-electron chi connectivity index (χ3n) is 3.66. The van der Waals surface area contributed by atoms with Crippen LogP contribution in [-0.2, 0) is 0 Å². The monoisotopic (exact) mass is 325 g/mol. The van der Waals surface area contributed by atoms with Gasteiger partial charge in [0.15, 0.2) is 0 Å². The molecule has 1 aliphatic rings. The summed E-state index contributed by atoms with van der Waals surface area (Å²) in [7, 11) is 1.61. The largest absolute Gasteiger partial charge is 0.497 e. The Kier molecular flexibility index (Phi) is 5.25. The molecule has 19 heavy (non-hydrogen) atoms. The molecule has 0 aliphatic heterocycles. The van der Waals surface area contributed by atoms with E-state index in [4.69, 9.17) is 4.74 Å². The number of nitrogens with one attached hydrogen (secondary N) is 1. The van der Waals surface area contributed by atoms with Crippen LogP contribution in [0.3, 0.4) is 0 Å². The van der Waals surface area contributed by atoms with E-state index in [1.807, 2.05) is 18.2 Å². The van der Waals surface area contributed by atoms with Gasteiger partial charge in [0.25, 0.3) is 5.91 Å². The van der Waals surface area contributed by atoms with Crippen molar-refractivity contribution in [2.24, 2.45) is 5.92 Å². The standard InChI is InChI=1S/C15H20BrNO2/c1-19-14-4-2-3-12(9-14)15(18)17-10-11-5-7-13(16)8-6-11/h2-4,9,11,13H,5-8,10H2,1H3,(H,17,18). The summed E-state index contributed by atoms with van der Waals surface area (Å²) in [6.07, 6.45) is 4.79. The molecule has 104 valence electrons. The molecule has 0 atom stereocenters. The summed E-state index contributed by atoms with van der Waals surface area (Å²) in [6, 6.07) is 7.26. The molecule has 1 aromatic rings. The van der Waals surface area contributed by atoms with Gasteiger partial charge in [-0.15, -0.1) is 0 Å². The van der Waals surface area contributed by atoms with E-state index in [2.05, 4.69) is 21.2 Å². The van der Waals surface area contributed by atoms with Crippen LogP contribution >= 0.6 is 15.9 Å². The first kappa shape index (κ1) is 14.4. The fourth-order valence-electron chi connectivity index (χ4n) is 2.43. The molecular formula is C15H20BrNO2. The molecule has 1 fully saturated rings. The first-order valence-corrected chi connectivity index (χ1v) is 7.67. The normalized spacial score (nSPS) is 22.8. The fraction of sp³-hybridized carbons (Fsp3) is 0.533. The van der Waals surface area contributed by atoms with Gasteiger partial charge < -0.3 is 10.1 Å². The summed E-state index contributed by atoms with van der Waals surface area (Å²) < 4.78 is 5.13. The smallest absolute Gasteiger partial charge is 0.251 e. The van der Waals surface area contributed by atoms with Gasteiger partial charge in [-0.3, -0.25) is 4.79 Å². The quantitative estimate of drug-likeness (QED) is 0.862. The Labute approximate surface area is 122 Å². The number of alkyl halides is 1. The first-order valence-electron chi connectivity index (χ1n) is 6.75. The molecule has 0 heterocycles. The predicted octanol–water partition coefficient (Wildman–Crippen LogP) is 3.38. The van der Waals surface area contributed by atoms with E-state index in [1.54, 1.807) is 13.2 Å². The Morgan fingerprint density at radius 3 is 2.79 bits per heavy atom. The maximum atomic E-state index is 12.0. The van der Waals surface area contributed by atoms with E-state index >= 15 is 0 Å². The van der Waals surface area contributed by atoms with E-state index < -0.39 is 0 Å². The third-order valence-corrected chi connectivity index (χ3v) is 4.58. The Morgan fingerprint density at radius 1 is 1.37 bits per heavy atom. The van der Waals surface area contributed by atoms with Crippen LogP contribution in [0.15, 0.2) is 24.3 Å². The van der Waals surface area contributed by atoms with E-state index in [0.717, 1.165) is 6.54 Å². The van der Waals surface area contributed by atoms with Crippen molar-refractivity contribution in [3.8, 4) is 5.75 Å². The molecular weight excluding hydrogens is 306 g/mol. The van der Waals surface area contributed by atoms with Gasteiger partial charge in [-0.25, -0.2) is 0 Å². The van der Waals surface area contributed by atoms with Crippen LogP contribution < -0.4 is 10.1 Å². The molecule has 0 aromatic heterocycles. The Bertz CT molecular complexity index is 428. The van der Waals surface area contributed by atoms with E-state index in [9.17, 15) is 4.79 Å². The Morgan fingerprint density at radius 2 is 2.11 bits per heavy atom. The lowest BCUT2D eigenvalue weighted by atomic mass is 9.89. The van der Waals surface area contributed by atoms with Gasteiger partial charge in [0.2, 0.25) is 0 Å². The van der Waals surface area contributed by atoms with Crippen LogP contribution in [-0.4, -0.2) is 24.4 Å². The second kappa shape index (κ2) is 6.94. The van der Waals surface area contributed by atoms with Gasteiger partial charge in [-0.05, 0) is 49.8 Å². The lowest BCUT2D eigenvalue weighted by Crippen LogP contribution is -2.31. The first-order chi connectivity index (χ1) is 9.19. The maximum absolute atomic E-state index is 12.0. The van der Waals surface area contributed by atoms with Crippen molar-refractivity contribution >= 4 is 21.8 Å². The van der Waals surface area contributed by atoms with E-state index in [-0.39, 0.29) is 5.91 Å². The topological polar surface area (TPSA) is 38.3 Å². The summed E-state index contributed by atoms with van der Waals surface area (Å²) in [5, 5.41) is 3.03. The number of ether oxygens (including phenoxy) is 1. The van der Waals surface area contributed by atoms with Gasteiger partial charge >= 0.3 is 0 Å². The number of benzene rings is 1. The zero-order valence-electron chi connectivity index (χ0n) is 11.2. The Hall–Kier alpha value is -1.03. The van der Waals surface area contributed by atoms with Crippen LogP contribution in [0.5, 0.6) is 5.75 Å². The van der Waals surface area contributed by atoms with Gasteiger partial charge in [-0.1, -0.05) is 22.0 Å². The number of carbonyl (C=O) groups excluding carboxylic acids is 1. The average Bonchev–Trinajstić information content (AvgIpc) is 2.46. The molecule has 0 unspecified atom stereocenters. The lowest BCUT2D eigenvalue weighted by molar-refractivity contribution is 0.0943. The lowest BCUT2D eigenvalue weighted by Gasteiger charge is -2.25. The van der Waals surface area contributed by atoms with Gasteiger partial charge in [0.1, 0.15) is 5.75 Å². The zero-order valence-corrected chi connectivity index (χ0v) is 12.8. The number of amides is 1. The summed E-state index contributed by atoms with van der Waals surface area (Å²) in [6.45, 7) is 0.774. The molecule has 4 heteroatoms. The second-order valence-corrected chi connectivity index (χ2v) is 6.35. The van der Waals surface area contributed by atoms with Crippen molar-refractivity contribution in [1.82, 2.24) is 5.32 Å². The minimum absolute atomic E-state index is 0.0140. The Balaban J connectivity index is 1.83. The number of hydrogen-bond donors (Lipinski definition) is 1. The zero-order chi connectivity index (χ0) is 13.7. The number of carbonyl (C=O) groups is 1. The molecule has 0 bridgehead atoms. The van der Waals surface area contributed by atoms with Crippen LogP contribution in [0.4, 0.5) is 0 Å². The molecule has 0 saturated heterocycles. The van der Waals surface area contributed by atoms with Crippen molar-refractivity contribution in [3.63, 3.8) is 0 Å². The van der Waals surface area contributed by atoms with E-state index in [1.165, 1.54) is 25.7 Å². The highest BCUT2D eigenvalue weighted by molar-refractivity contribution is 9.09. The number of hydrogen-bond acceptors (Lipinski definition) is 2. The maximum Gasteiger partial charge on any atom is 0.251 e. The predicted molar refractivity (Wildman–Crippen MR) is 80.0 cm³/mol. The van der Waals surface area contributed by atoms with Gasteiger partial charge in [0, 0.05) is 16.9 Å².